The molecule has 15 heavy (non-hydrogen) atoms. The van der Waals surface area contributed by atoms with E-state index < -0.39 is 0 Å². The molecular weight excluding hydrogens is 208 g/mol. The highest BCUT2D eigenvalue weighted by Gasteiger charge is 1.98. The third-order valence-corrected chi connectivity index (χ3v) is 2.66. The number of aryl methyl sites for hydroxylation is 2. The predicted molar refractivity (Wildman–Crippen MR) is 62.0 cm³/mol. The van der Waals surface area contributed by atoms with Gasteiger partial charge in [-0.2, -0.15) is 5.10 Å². The minimum atomic E-state index is 0.711. The zero-order valence-electron chi connectivity index (χ0n) is 8.44. The van der Waals surface area contributed by atoms with E-state index in [9.17, 15) is 0 Å². The average Bonchev–Trinajstić information content (AvgIpc) is 2.66. The van der Waals surface area contributed by atoms with Gasteiger partial charge in [0.1, 0.15) is 5.15 Å². The van der Waals surface area contributed by atoms with Gasteiger partial charge in [0.25, 0.3) is 0 Å². The van der Waals surface area contributed by atoms with Crippen molar-refractivity contribution in [1.82, 2.24) is 9.78 Å². The Labute approximate surface area is 94.5 Å². The van der Waals surface area contributed by atoms with Crippen molar-refractivity contribution in [2.24, 2.45) is 0 Å². The molecule has 3 heteroatoms. The fraction of sp³-hybridized carbons (Fsp3) is 0.250. The largest absolute Gasteiger partial charge is 0.254 e. The summed E-state index contributed by atoms with van der Waals surface area (Å²) in [7, 11) is 0. The van der Waals surface area contributed by atoms with E-state index in [0.29, 0.717) is 5.15 Å². The summed E-state index contributed by atoms with van der Waals surface area (Å²) in [6.45, 7) is 0.876. The molecule has 0 atom stereocenters. The van der Waals surface area contributed by atoms with E-state index in [-0.39, 0.29) is 0 Å². The quantitative estimate of drug-likeness (QED) is 0.774. The molecule has 1 aromatic heterocycles. The molecule has 0 bridgehead atoms. The smallest absolute Gasteiger partial charge is 0.127 e. The van der Waals surface area contributed by atoms with E-state index in [1.165, 1.54) is 5.56 Å². The molecular formula is C12H13ClN2. The average molecular weight is 221 g/mol. The first-order valence-corrected chi connectivity index (χ1v) is 5.45. The van der Waals surface area contributed by atoms with Crippen LogP contribution in [0.5, 0.6) is 0 Å². The molecule has 0 aliphatic carbocycles. The minimum absolute atomic E-state index is 0.711. The third kappa shape index (κ3) is 2.83. The second-order valence-corrected chi connectivity index (χ2v) is 3.85. The van der Waals surface area contributed by atoms with Crippen molar-refractivity contribution >= 4 is 11.6 Å². The number of benzene rings is 1. The first kappa shape index (κ1) is 10.2. The summed E-state index contributed by atoms with van der Waals surface area (Å²) in [4.78, 5) is 0. The van der Waals surface area contributed by atoms with Crippen LogP contribution in [0.15, 0.2) is 42.6 Å². The van der Waals surface area contributed by atoms with Crippen LogP contribution < -0.4 is 0 Å². The molecule has 0 aliphatic heterocycles. The molecule has 1 heterocycles. The topological polar surface area (TPSA) is 17.8 Å². The first-order chi connectivity index (χ1) is 7.36. The molecule has 78 valence electrons. The molecule has 0 spiro atoms. The van der Waals surface area contributed by atoms with Gasteiger partial charge in [0, 0.05) is 6.54 Å². The van der Waals surface area contributed by atoms with Gasteiger partial charge < -0.3 is 0 Å². The fourth-order valence-corrected chi connectivity index (χ4v) is 1.74. The van der Waals surface area contributed by atoms with E-state index in [4.69, 9.17) is 11.6 Å². The van der Waals surface area contributed by atoms with Gasteiger partial charge in [-0.05, 0) is 24.5 Å². The molecule has 0 saturated heterocycles. The molecule has 0 aliphatic rings. The van der Waals surface area contributed by atoms with Crippen LogP contribution in [-0.4, -0.2) is 9.78 Å². The van der Waals surface area contributed by atoms with Crippen molar-refractivity contribution in [2.45, 2.75) is 19.4 Å². The highest BCUT2D eigenvalue weighted by atomic mass is 35.5. The van der Waals surface area contributed by atoms with Gasteiger partial charge in [0.05, 0.1) is 6.20 Å². The summed E-state index contributed by atoms with van der Waals surface area (Å²) >= 11 is 5.92. The van der Waals surface area contributed by atoms with Crippen molar-refractivity contribution in [1.29, 1.82) is 0 Å². The maximum absolute atomic E-state index is 5.92. The third-order valence-electron chi connectivity index (χ3n) is 2.34. The monoisotopic (exact) mass is 220 g/mol. The maximum Gasteiger partial charge on any atom is 0.127 e. The molecule has 2 rings (SSSR count). The van der Waals surface area contributed by atoms with Gasteiger partial charge in [-0.3, -0.25) is 4.68 Å². The Balaban J connectivity index is 1.83. The van der Waals surface area contributed by atoms with E-state index in [1.54, 1.807) is 6.20 Å². The van der Waals surface area contributed by atoms with Crippen molar-refractivity contribution in [3.05, 3.63) is 53.3 Å². The SMILES string of the molecule is Clc1ccnn1CCCc1ccccc1. The van der Waals surface area contributed by atoms with Crippen molar-refractivity contribution < 1.29 is 0 Å². The summed E-state index contributed by atoms with van der Waals surface area (Å²) in [5.74, 6) is 0. The Morgan fingerprint density at radius 3 is 2.60 bits per heavy atom. The van der Waals surface area contributed by atoms with Gasteiger partial charge >= 0.3 is 0 Å². The van der Waals surface area contributed by atoms with Crippen molar-refractivity contribution in [3.63, 3.8) is 0 Å². The van der Waals surface area contributed by atoms with Crippen LogP contribution in [0, 0.1) is 0 Å². The van der Waals surface area contributed by atoms with Gasteiger partial charge in [0.2, 0.25) is 0 Å². The van der Waals surface area contributed by atoms with Gasteiger partial charge in [-0.25, -0.2) is 0 Å². The summed E-state index contributed by atoms with van der Waals surface area (Å²) in [5.41, 5.74) is 1.36. The number of nitrogens with zero attached hydrogens (tertiary/aromatic N) is 2. The van der Waals surface area contributed by atoms with Gasteiger partial charge in [-0.1, -0.05) is 41.9 Å². The molecule has 0 radical (unpaired) electrons. The highest BCUT2D eigenvalue weighted by molar-refractivity contribution is 6.29. The normalized spacial score (nSPS) is 10.5. The molecule has 1 aromatic carbocycles. The Kier molecular flexibility index (Phi) is 3.41. The molecule has 0 amide bonds. The number of hydrogen-bond acceptors (Lipinski definition) is 1. The molecule has 0 saturated carbocycles. The van der Waals surface area contributed by atoms with Crippen LogP contribution in [0.4, 0.5) is 0 Å². The highest BCUT2D eigenvalue weighted by Crippen LogP contribution is 2.09. The van der Waals surface area contributed by atoms with E-state index in [0.717, 1.165) is 19.4 Å². The van der Waals surface area contributed by atoms with Gasteiger partial charge in [0.15, 0.2) is 0 Å². The number of hydrogen-bond donors (Lipinski definition) is 0. The van der Waals surface area contributed by atoms with Crippen LogP contribution in [0.3, 0.4) is 0 Å². The summed E-state index contributed by atoms with van der Waals surface area (Å²) < 4.78 is 1.82. The van der Waals surface area contributed by atoms with Crippen LogP contribution in [0.1, 0.15) is 12.0 Å². The summed E-state index contributed by atoms with van der Waals surface area (Å²) in [6, 6.07) is 12.3. The summed E-state index contributed by atoms with van der Waals surface area (Å²) in [5, 5.41) is 4.84. The number of aromatic nitrogens is 2. The molecule has 0 unspecified atom stereocenters. The zero-order valence-corrected chi connectivity index (χ0v) is 9.19. The van der Waals surface area contributed by atoms with Crippen molar-refractivity contribution in [3.8, 4) is 0 Å². The summed E-state index contributed by atoms with van der Waals surface area (Å²) in [6.07, 6.45) is 3.85. The first-order valence-electron chi connectivity index (χ1n) is 5.07. The standard InChI is InChI=1S/C12H13ClN2/c13-12-8-9-14-15(12)10-4-7-11-5-2-1-3-6-11/h1-3,5-6,8-9H,4,7,10H2. The lowest BCUT2D eigenvalue weighted by molar-refractivity contribution is 0.579. The molecule has 2 nitrogen and oxygen atoms in total. The molecule has 0 N–H and O–H groups in total. The molecule has 2 aromatic rings. The molecule has 0 fully saturated rings. The van der Waals surface area contributed by atoms with Crippen LogP contribution >= 0.6 is 11.6 Å². The second kappa shape index (κ2) is 4.99. The van der Waals surface area contributed by atoms with E-state index in [1.807, 2.05) is 16.8 Å². The van der Waals surface area contributed by atoms with Crippen LogP contribution in [0.2, 0.25) is 5.15 Å². The Morgan fingerprint density at radius 2 is 1.93 bits per heavy atom. The minimum Gasteiger partial charge on any atom is -0.254 e. The lowest BCUT2D eigenvalue weighted by Crippen LogP contribution is -2.01. The van der Waals surface area contributed by atoms with Gasteiger partial charge in [-0.15, -0.1) is 0 Å². The van der Waals surface area contributed by atoms with Crippen LogP contribution in [0.25, 0.3) is 0 Å². The van der Waals surface area contributed by atoms with E-state index in [2.05, 4.69) is 29.4 Å². The predicted octanol–water partition coefficient (Wildman–Crippen LogP) is 3.17. The number of halogens is 1. The number of rotatable bonds is 4. The van der Waals surface area contributed by atoms with E-state index >= 15 is 0 Å². The lowest BCUT2D eigenvalue weighted by atomic mass is 10.1. The lowest BCUT2D eigenvalue weighted by Gasteiger charge is -2.03. The Hall–Kier alpha value is -1.28. The van der Waals surface area contributed by atoms with Crippen molar-refractivity contribution in [2.75, 3.05) is 0 Å². The van der Waals surface area contributed by atoms with Crippen LogP contribution in [-0.2, 0) is 13.0 Å². The Morgan fingerprint density at radius 1 is 1.13 bits per heavy atom. The second-order valence-electron chi connectivity index (χ2n) is 3.47. The maximum atomic E-state index is 5.92. The Bertz CT molecular complexity index is 409. The zero-order chi connectivity index (χ0) is 10.5. The fourth-order valence-electron chi connectivity index (χ4n) is 1.56.